The zero-order valence-corrected chi connectivity index (χ0v) is 16.3. The van der Waals surface area contributed by atoms with E-state index in [-0.39, 0.29) is 5.82 Å². The summed E-state index contributed by atoms with van der Waals surface area (Å²) in [5.74, 6) is 0.520. The fraction of sp³-hybridized carbons (Fsp3) is 0.0500. The molecule has 3 aromatic carbocycles. The van der Waals surface area contributed by atoms with Crippen LogP contribution in [0.3, 0.4) is 0 Å². The average Bonchev–Trinajstić information content (AvgIpc) is 2.61. The van der Waals surface area contributed by atoms with Crippen LogP contribution in [0, 0.1) is 5.82 Å². The van der Waals surface area contributed by atoms with Crippen LogP contribution in [0.5, 0.6) is 5.75 Å². The summed E-state index contributed by atoms with van der Waals surface area (Å²) in [7, 11) is 0. The minimum atomic E-state index is -0.266. The summed E-state index contributed by atoms with van der Waals surface area (Å²) in [6, 6.07) is 19.7. The van der Waals surface area contributed by atoms with Gasteiger partial charge in [0.05, 0.1) is 5.69 Å². The lowest BCUT2D eigenvalue weighted by Gasteiger charge is -2.08. The van der Waals surface area contributed by atoms with E-state index in [0.717, 1.165) is 25.8 Å². The molecule has 2 nitrogen and oxygen atoms in total. The van der Waals surface area contributed by atoms with Gasteiger partial charge in [0.1, 0.15) is 18.2 Å². The SMILES string of the molecule is Fc1ccc(N=Cc2ccc(OCc3ccc(Br)cc3Br)cc2)cc1. The number of hydrogen-bond acceptors (Lipinski definition) is 2. The second kappa shape index (κ2) is 8.41. The third-order valence-corrected chi connectivity index (χ3v) is 4.71. The third-order valence-electron chi connectivity index (χ3n) is 3.48. The Hall–Kier alpha value is -1.98. The number of hydrogen-bond donors (Lipinski definition) is 0. The Morgan fingerprint density at radius 3 is 2.32 bits per heavy atom. The topological polar surface area (TPSA) is 21.6 Å². The van der Waals surface area contributed by atoms with Crippen molar-refractivity contribution < 1.29 is 9.13 Å². The molecule has 3 aromatic rings. The molecule has 0 spiro atoms. The molecule has 0 radical (unpaired) electrons. The van der Waals surface area contributed by atoms with E-state index in [9.17, 15) is 4.39 Å². The monoisotopic (exact) mass is 461 g/mol. The van der Waals surface area contributed by atoms with Crippen LogP contribution in [0.25, 0.3) is 0 Å². The van der Waals surface area contributed by atoms with Gasteiger partial charge in [-0.05, 0) is 66.2 Å². The van der Waals surface area contributed by atoms with Gasteiger partial charge in [0, 0.05) is 20.7 Å². The molecular weight excluding hydrogens is 449 g/mol. The van der Waals surface area contributed by atoms with Crippen molar-refractivity contribution in [3.05, 3.63) is 92.6 Å². The maximum atomic E-state index is 12.9. The molecule has 0 N–H and O–H groups in total. The summed E-state index contributed by atoms with van der Waals surface area (Å²) in [4.78, 5) is 4.32. The van der Waals surface area contributed by atoms with Gasteiger partial charge < -0.3 is 4.74 Å². The van der Waals surface area contributed by atoms with E-state index in [1.165, 1.54) is 12.1 Å². The first-order valence-corrected chi connectivity index (χ1v) is 9.15. The van der Waals surface area contributed by atoms with Gasteiger partial charge in [-0.3, -0.25) is 4.99 Å². The standard InChI is InChI=1S/C20H14Br2FNO/c21-16-4-3-15(20(22)11-16)13-25-19-9-1-14(2-10-19)12-24-18-7-5-17(23)6-8-18/h1-12H,13H2. The van der Waals surface area contributed by atoms with E-state index in [1.807, 2.05) is 42.5 Å². The van der Waals surface area contributed by atoms with Gasteiger partial charge in [-0.25, -0.2) is 4.39 Å². The van der Waals surface area contributed by atoms with Gasteiger partial charge >= 0.3 is 0 Å². The molecule has 0 heterocycles. The van der Waals surface area contributed by atoms with Crippen LogP contribution in [-0.2, 0) is 6.61 Å². The first-order valence-electron chi connectivity index (χ1n) is 7.56. The van der Waals surface area contributed by atoms with Crippen molar-refractivity contribution in [1.82, 2.24) is 0 Å². The molecule has 5 heteroatoms. The molecule has 0 aromatic heterocycles. The first kappa shape index (κ1) is 17.8. The summed E-state index contributed by atoms with van der Waals surface area (Å²) in [6.45, 7) is 0.483. The molecule has 0 atom stereocenters. The first-order chi connectivity index (χ1) is 12.1. The summed E-state index contributed by atoms with van der Waals surface area (Å²) in [5.41, 5.74) is 2.73. The van der Waals surface area contributed by atoms with Gasteiger partial charge in [-0.1, -0.05) is 37.9 Å². The van der Waals surface area contributed by atoms with Crippen molar-refractivity contribution in [3.63, 3.8) is 0 Å². The Morgan fingerprint density at radius 2 is 1.64 bits per heavy atom. The van der Waals surface area contributed by atoms with Crippen molar-refractivity contribution in [2.24, 2.45) is 4.99 Å². The summed E-state index contributed by atoms with van der Waals surface area (Å²) < 4.78 is 20.7. The zero-order chi connectivity index (χ0) is 17.6. The average molecular weight is 463 g/mol. The van der Waals surface area contributed by atoms with Crippen molar-refractivity contribution in [2.75, 3.05) is 0 Å². The quantitative estimate of drug-likeness (QED) is 0.387. The summed E-state index contributed by atoms with van der Waals surface area (Å²) in [5, 5.41) is 0. The maximum Gasteiger partial charge on any atom is 0.123 e. The van der Waals surface area contributed by atoms with Gasteiger partial charge in [0.2, 0.25) is 0 Å². The number of nitrogens with zero attached hydrogens (tertiary/aromatic N) is 1. The van der Waals surface area contributed by atoms with Crippen molar-refractivity contribution in [3.8, 4) is 5.75 Å². The molecule has 0 aliphatic carbocycles. The van der Waals surface area contributed by atoms with E-state index >= 15 is 0 Å². The van der Waals surface area contributed by atoms with E-state index in [1.54, 1.807) is 18.3 Å². The molecular formula is C20H14Br2FNO. The number of rotatable bonds is 5. The molecule has 0 fully saturated rings. The Balaban J connectivity index is 1.61. The summed E-state index contributed by atoms with van der Waals surface area (Å²) >= 11 is 6.96. The van der Waals surface area contributed by atoms with Crippen LogP contribution in [0.15, 0.2) is 80.7 Å². The lowest BCUT2D eigenvalue weighted by molar-refractivity contribution is 0.305. The Morgan fingerprint density at radius 1 is 0.920 bits per heavy atom. The molecule has 0 amide bonds. The van der Waals surface area contributed by atoms with Gasteiger partial charge in [-0.15, -0.1) is 0 Å². The largest absolute Gasteiger partial charge is 0.489 e. The Kier molecular flexibility index (Phi) is 6.00. The second-order valence-corrected chi connectivity index (χ2v) is 7.10. The van der Waals surface area contributed by atoms with Gasteiger partial charge in [0.25, 0.3) is 0 Å². The van der Waals surface area contributed by atoms with Crippen LogP contribution in [0.2, 0.25) is 0 Å². The Labute approximate surface area is 162 Å². The fourth-order valence-electron chi connectivity index (χ4n) is 2.13. The zero-order valence-electron chi connectivity index (χ0n) is 13.1. The highest BCUT2D eigenvalue weighted by molar-refractivity contribution is 9.11. The molecule has 0 aliphatic heterocycles. The van der Waals surface area contributed by atoms with Crippen LogP contribution in [0.4, 0.5) is 10.1 Å². The number of aliphatic imine (C=N–C) groups is 1. The molecule has 0 bridgehead atoms. The number of benzene rings is 3. The normalized spacial score (nSPS) is 11.0. The molecule has 126 valence electrons. The van der Waals surface area contributed by atoms with Crippen molar-refractivity contribution >= 4 is 43.8 Å². The van der Waals surface area contributed by atoms with Gasteiger partial charge in [-0.2, -0.15) is 0 Å². The van der Waals surface area contributed by atoms with E-state index in [4.69, 9.17) is 4.74 Å². The summed E-state index contributed by atoms with van der Waals surface area (Å²) in [6.07, 6.45) is 1.74. The van der Waals surface area contributed by atoms with Gasteiger partial charge in [0.15, 0.2) is 0 Å². The molecule has 0 unspecified atom stereocenters. The van der Waals surface area contributed by atoms with Crippen LogP contribution >= 0.6 is 31.9 Å². The highest BCUT2D eigenvalue weighted by Crippen LogP contribution is 2.23. The second-order valence-electron chi connectivity index (χ2n) is 5.33. The van der Waals surface area contributed by atoms with E-state index in [0.29, 0.717) is 12.3 Å². The van der Waals surface area contributed by atoms with E-state index < -0.39 is 0 Å². The minimum Gasteiger partial charge on any atom is -0.489 e. The molecule has 0 aliphatic rings. The van der Waals surface area contributed by atoms with Crippen molar-refractivity contribution in [1.29, 1.82) is 0 Å². The smallest absolute Gasteiger partial charge is 0.123 e. The van der Waals surface area contributed by atoms with E-state index in [2.05, 4.69) is 36.9 Å². The molecule has 25 heavy (non-hydrogen) atoms. The predicted octanol–water partition coefficient (Wildman–Crippen LogP) is 6.68. The predicted molar refractivity (Wildman–Crippen MR) is 106 cm³/mol. The van der Waals surface area contributed by atoms with Crippen LogP contribution in [0.1, 0.15) is 11.1 Å². The van der Waals surface area contributed by atoms with Crippen LogP contribution in [-0.4, -0.2) is 6.21 Å². The van der Waals surface area contributed by atoms with Crippen molar-refractivity contribution in [2.45, 2.75) is 6.61 Å². The van der Waals surface area contributed by atoms with Crippen LogP contribution < -0.4 is 4.74 Å². The molecule has 3 rings (SSSR count). The fourth-order valence-corrected chi connectivity index (χ4v) is 3.29. The highest BCUT2D eigenvalue weighted by Gasteiger charge is 2.02. The number of ether oxygens (including phenoxy) is 1. The highest BCUT2D eigenvalue weighted by atomic mass is 79.9. The number of halogens is 3. The Bertz CT molecular complexity index is 877. The molecule has 0 saturated carbocycles. The minimum absolute atomic E-state index is 0.266. The molecule has 0 saturated heterocycles. The lowest BCUT2D eigenvalue weighted by atomic mass is 10.2. The third kappa shape index (κ3) is 5.25. The lowest BCUT2D eigenvalue weighted by Crippen LogP contribution is -1.96. The maximum absolute atomic E-state index is 12.9.